The van der Waals surface area contributed by atoms with E-state index in [4.69, 9.17) is 4.74 Å². The first-order chi connectivity index (χ1) is 9.01. The van der Waals surface area contributed by atoms with Gasteiger partial charge in [0.15, 0.2) is 0 Å². The minimum absolute atomic E-state index is 0.360. The van der Waals surface area contributed by atoms with Gasteiger partial charge in [-0.3, -0.25) is 0 Å². The largest absolute Gasteiger partial charge is 0.421 e. The van der Waals surface area contributed by atoms with Crippen LogP contribution in [0, 0.1) is 0 Å². The highest BCUT2D eigenvalue weighted by Gasteiger charge is 2.15. The minimum Gasteiger partial charge on any atom is -0.421 e. The van der Waals surface area contributed by atoms with Gasteiger partial charge >= 0.3 is 5.97 Å². The molecule has 100 valence electrons. The molecule has 6 heteroatoms. The predicted molar refractivity (Wildman–Crippen MR) is 88.2 cm³/mol. The van der Waals surface area contributed by atoms with Crippen molar-refractivity contribution in [1.82, 2.24) is 0 Å². The van der Waals surface area contributed by atoms with Gasteiger partial charge in [-0.25, -0.2) is 4.79 Å². The van der Waals surface area contributed by atoms with Crippen molar-refractivity contribution in [2.24, 2.45) is 0 Å². The summed E-state index contributed by atoms with van der Waals surface area (Å²) in [4.78, 5) is 12.6. The van der Waals surface area contributed by atoms with Gasteiger partial charge in [-0.05, 0) is 78.0 Å². The standard InChI is InChI=1S/C13H9Br3O2S/c1-2-7-3-4-10(8(14)5-7)18-13(17)11-6-9(15)12(16)19-11/h3-6H,2H2,1H3. The molecule has 0 saturated heterocycles. The fourth-order valence-electron chi connectivity index (χ4n) is 1.44. The molecule has 2 nitrogen and oxygen atoms in total. The minimum atomic E-state index is -0.360. The van der Waals surface area contributed by atoms with Gasteiger partial charge in [0, 0.05) is 4.47 Å². The van der Waals surface area contributed by atoms with E-state index in [1.54, 1.807) is 12.1 Å². The molecule has 0 saturated carbocycles. The lowest BCUT2D eigenvalue weighted by atomic mass is 10.2. The van der Waals surface area contributed by atoms with Gasteiger partial charge in [0.1, 0.15) is 10.6 Å². The second-order valence-electron chi connectivity index (χ2n) is 3.74. The third-order valence-electron chi connectivity index (χ3n) is 2.45. The van der Waals surface area contributed by atoms with Crippen molar-refractivity contribution >= 4 is 65.1 Å². The maximum Gasteiger partial charge on any atom is 0.353 e. The molecule has 0 amide bonds. The number of esters is 1. The van der Waals surface area contributed by atoms with Crippen LogP contribution in [-0.4, -0.2) is 5.97 Å². The number of benzene rings is 1. The van der Waals surface area contributed by atoms with E-state index in [0.717, 1.165) is 19.2 Å². The predicted octanol–water partition coefficient (Wildman–Crippen LogP) is 5.82. The maximum atomic E-state index is 12.0. The van der Waals surface area contributed by atoms with E-state index >= 15 is 0 Å². The van der Waals surface area contributed by atoms with Crippen molar-refractivity contribution in [2.75, 3.05) is 0 Å². The summed E-state index contributed by atoms with van der Waals surface area (Å²) in [6.07, 6.45) is 0.942. The number of thiophene rings is 1. The molecule has 19 heavy (non-hydrogen) atoms. The molecular formula is C13H9Br3O2S. The van der Waals surface area contributed by atoms with Crippen LogP contribution in [0.3, 0.4) is 0 Å². The summed E-state index contributed by atoms with van der Waals surface area (Å²) in [7, 11) is 0. The lowest BCUT2D eigenvalue weighted by molar-refractivity contribution is 0.0738. The number of rotatable bonds is 3. The van der Waals surface area contributed by atoms with Crippen molar-refractivity contribution in [2.45, 2.75) is 13.3 Å². The number of carbonyl (C=O) groups excluding carboxylic acids is 1. The first-order valence-electron chi connectivity index (χ1n) is 5.46. The van der Waals surface area contributed by atoms with E-state index in [9.17, 15) is 4.79 Å². The van der Waals surface area contributed by atoms with Crippen LogP contribution in [0.5, 0.6) is 5.75 Å². The zero-order valence-electron chi connectivity index (χ0n) is 9.88. The third-order valence-corrected chi connectivity index (χ3v) is 6.31. The lowest BCUT2D eigenvalue weighted by Crippen LogP contribution is -2.06. The summed E-state index contributed by atoms with van der Waals surface area (Å²) >= 11 is 11.5. The summed E-state index contributed by atoms with van der Waals surface area (Å²) < 4.78 is 7.90. The average Bonchev–Trinajstić information content (AvgIpc) is 2.72. The maximum absolute atomic E-state index is 12.0. The summed E-state index contributed by atoms with van der Waals surface area (Å²) in [6, 6.07) is 7.46. The first kappa shape index (κ1) is 15.2. The Labute approximate surface area is 140 Å². The van der Waals surface area contributed by atoms with Gasteiger partial charge in [0.25, 0.3) is 0 Å². The van der Waals surface area contributed by atoms with Crippen molar-refractivity contribution in [1.29, 1.82) is 0 Å². The summed E-state index contributed by atoms with van der Waals surface area (Å²) in [5.74, 6) is 0.171. The Bertz CT molecular complexity index is 603. The van der Waals surface area contributed by atoms with Crippen LogP contribution in [0.15, 0.2) is 37.0 Å². The lowest BCUT2D eigenvalue weighted by Gasteiger charge is -2.06. The summed E-state index contributed by atoms with van der Waals surface area (Å²) in [5, 5.41) is 0. The molecule has 0 N–H and O–H groups in total. The molecule has 0 radical (unpaired) electrons. The molecule has 0 atom stereocenters. The average molecular weight is 469 g/mol. The SMILES string of the molecule is CCc1ccc(OC(=O)c2cc(Br)c(Br)s2)c(Br)c1. The second-order valence-corrected chi connectivity index (χ2v) is 7.82. The number of hydrogen-bond acceptors (Lipinski definition) is 3. The van der Waals surface area contributed by atoms with Crippen molar-refractivity contribution in [3.05, 3.63) is 47.4 Å². The number of ether oxygens (including phenoxy) is 1. The van der Waals surface area contributed by atoms with Crippen LogP contribution in [-0.2, 0) is 6.42 Å². The first-order valence-corrected chi connectivity index (χ1v) is 8.66. The zero-order valence-corrected chi connectivity index (χ0v) is 15.4. The van der Waals surface area contributed by atoms with Gasteiger partial charge in [0.05, 0.1) is 8.26 Å². The van der Waals surface area contributed by atoms with E-state index in [1.807, 2.05) is 12.1 Å². The van der Waals surface area contributed by atoms with Gasteiger partial charge in [0.2, 0.25) is 0 Å². The third kappa shape index (κ3) is 3.68. The van der Waals surface area contributed by atoms with Crippen LogP contribution in [0.2, 0.25) is 0 Å². The Kier molecular flexibility index (Phi) is 5.22. The Balaban J connectivity index is 2.19. The number of halogens is 3. The van der Waals surface area contributed by atoms with Crippen LogP contribution >= 0.6 is 59.1 Å². The second kappa shape index (κ2) is 6.52. The smallest absolute Gasteiger partial charge is 0.353 e. The molecule has 0 spiro atoms. The molecular weight excluding hydrogens is 460 g/mol. The van der Waals surface area contributed by atoms with E-state index in [2.05, 4.69) is 54.7 Å². The van der Waals surface area contributed by atoms with Crippen LogP contribution < -0.4 is 4.74 Å². The van der Waals surface area contributed by atoms with Crippen molar-refractivity contribution in [3.8, 4) is 5.75 Å². The molecule has 0 unspecified atom stereocenters. The topological polar surface area (TPSA) is 26.3 Å². The van der Waals surface area contributed by atoms with E-state index in [0.29, 0.717) is 10.6 Å². The zero-order chi connectivity index (χ0) is 14.0. The van der Waals surface area contributed by atoms with Crippen molar-refractivity contribution < 1.29 is 9.53 Å². The van der Waals surface area contributed by atoms with E-state index < -0.39 is 0 Å². The highest BCUT2D eigenvalue weighted by Crippen LogP contribution is 2.34. The summed E-state index contributed by atoms with van der Waals surface area (Å²) in [6.45, 7) is 2.08. The highest BCUT2D eigenvalue weighted by atomic mass is 79.9. The van der Waals surface area contributed by atoms with Gasteiger partial charge < -0.3 is 4.74 Å². The number of carbonyl (C=O) groups is 1. The van der Waals surface area contributed by atoms with E-state index in [-0.39, 0.29) is 5.97 Å². The Morgan fingerprint density at radius 2 is 1.95 bits per heavy atom. The molecule has 2 rings (SSSR count). The van der Waals surface area contributed by atoms with Crippen LogP contribution in [0.1, 0.15) is 22.2 Å². The Hall–Kier alpha value is -0.170. The molecule has 0 aliphatic carbocycles. The number of hydrogen-bond donors (Lipinski definition) is 0. The van der Waals surface area contributed by atoms with Crippen LogP contribution in [0.25, 0.3) is 0 Å². The molecule has 2 aromatic rings. The van der Waals surface area contributed by atoms with Gasteiger partial charge in [-0.2, -0.15) is 0 Å². The van der Waals surface area contributed by atoms with Gasteiger partial charge in [-0.1, -0.05) is 13.0 Å². The molecule has 1 aromatic carbocycles. The molecule has 1 aromatic heterocycles. The van der Waals surface area contributed by atoms with Crippen LogP contribution in [0.4, 0.5) is 0 Å². The summed E-state index contributed by atoms with van der Waals surface area (Å²) in [5.41, 5.74) is 1.19. The molecule has 0 bridgehead atoms. The molecule has 0 fully saturated rings. The fraction of sp³-hybridized carbons (Fsp3) is 0.154. The monoisotopic (exact) mass is 466 g/mol. The molecule has 0 aliphatic heterocycles. The Morgan fingerprint density at radius 3 is 2.47 bits per heavy atom. The number of aryl methyl sites for hydroxylation is 1. The van der Waals surface area contributed by atoms with Crippen molar-refractivity contribution in [3.63, 3.8) is 0 Å². The normalized spacial score (nSPS) is 10.5. The molecule has 0 aliphatic rings. The fourth-order valence-corrected chi connectivity index (χ4v) is 3.86. The highest BCUT2D eigenvalue weighted by molar-refractivity contribution is 9.13. The van der Waals surface area contributed by atoms with E-state index in [1.165, 1.54) is 16.9 Å². The van der Waals surface area contributed by atoms with Gasteiger partial charge in [-0.15, -0.1) is 11.3 Å². The Morgan fingerprint density at radius 1 is 1.21 bits per heavy atom. The molecule has 1 heterocycles. The quantitative estimate of drug-likeness (QED) is 0.419.